The molecule has 3 rings (SSSR count). The standard InChI is InChI=1S/C13H15N5O.ClH/c1-8-3-2-4-11(15-8)16-13(19)12-9-7-14-6-5-10(9)17-18-12;/h2-4,14H,5-7H2,1H3,(H,17,18)(H,15,16,19);1H. The van der Waals surface area contributed by atoms with Gasteiger partial charge >= 0.3 is 0 Å². The zero-order valence-corrected chi connectivity index (χ0v) is 11.9. The van der Waals surface area contributed by atoms with E-state index in [0.29, 0.717) is 18.1 Å². The summed E-state index contributed by atoms with van der Waals surface area (Å²) < 4.78 is 0. The van der Waals surface area contributed by atoms with Crippen molar-refractivity contribution in [2.24, 2.45) is 0 Å². The van der Waals surface area contributed by atoms with Crippen LogP contribution in [-0.4, -0.2) is 27.6 Å². The van der Waals surface area contributed by atoms with Crippen molar-refractivity contribution in [1.29, 1.82) is 0 Å². The van der Waals surface area contributed by atoms with Crippen LogP contribution >= 0.6 is 12.4 Å². The number of carbonyl (C=O) groups is 1. The number of H-pyrrole nitrogens is 1. The largest absolute Gasteiger partial charge is 0.312 e. The van der Waals surface area contributed by atoms with E-state index in [2.05, 4.69) is 25.8 Å². The molecule has 0 aliphatic carbocycles. The highest BCUT2D eigenvalue weighted by Gasteiger charge is 2.21. The van der Waals surface area contributed by atoms with Crippen LogP contribution in [0.4, 0.5) is 5.82 Å². The molecule has 1 aliphatic heterocycles. The number of anilines is 1. The topological polar surface area (TPSA) is 82.7 Å². The maximum absolute atomic E-state index is 12.2. The van der Waals surface area contributed by atoms with Gasteiger partial charge in [0.25, 0.3) is 5.91 Å². The molecule has 0 spiro atoms. The van der Waals surface area contributed by atoms with Crippen molar-refractivity contribution >= 4 is 24.1 Å². The van der Waals surface area contributed by atoms with E-state index in [1.165, 1.54) is 0 Å². The molecule has 6 nitrogen and oxygen atoms in total. The van der Waals surface area contributed by atoms with E-state index in [4.69, 9.17) is 0 Å². The summed E-state index contributed by atoms with van der Waals surface area (Å²) in [6.07, 6.45) is 0.873. The molecule has 3 heterocycles. The number of hydrogen-bond acceptors (Lipinski definition) is 4. The third-order valence-corrected chi connectivity index (χ3v) is 3.15. The number of nitrogens with zero attached hydrogens (tertiary/aromatic N) is 2. The van der Waals surface area contributed by atoms with Crippen LogP contribution in [-0.2, 0) is 13.0 Å². The Bertz CT molecular complexity index is 625. The fourth-order valence-corrected chi connectivity index (χ4v) is 2.20. The summed E-state index contributed by atoms with van der Waals surface area (Å²) >= 11 is 0. The molecule has 0 bridgehead atoms. The first-order valence-corrected chi connectivity index (χ1v) is 6.26. The minimum absolute atomic E-state index is 0. The molecular formula is C13H16ClN5O. The van der Waals surface area contributed by atoms with Crippen molar-refractivity contribution in [2.45, 2.75) is 19.9 Å². The van der Waals surface area contributed by atoms with Gasteiger partial charge in [0, 0.05) is 36.5 Å². The highest BCUT2D eigenvalue weighted by molar-refractivity contribution is 6.03. The summed E-state index contributed by atoms with van der Waals surface area (Å²) in [6.45, 7) is 3.47. The number of aromatic nitrogens is 3. The van der Waals surface area contributed by atoms with Crippen LogP contribution in [0.2, 0.25) is 0 Å². The van der Waals surface area contributed by atoms with Gasteiger partial charge in [-0.05, 0) is 19.1 Å². The highest BCUT2D eigenvalue weighted by Crippen LogP contribution is 2.16. The molecule has 0 saturated heterocycles. The van der Waals surface area contributed by atoms with E-state index in [1.807, 2.05) is 19.1 Å². The molecule has 1 amide bonds. The van der Waals surface area contributed by atoms with Crippen molar-refractivity contribution in [3.8, 4) is 0 Å². The molecule has 0 fully saturated rings. The predicted molar refractivity (Wildman–Crippen MR) is 78.2 cm³/mol. The van der Waals surface area contributed by atoms with Crippen molar-refractivity contribution in [3.63, 3.8) is 0 Å². The Morgan fingerprint density at radius 3 is 3.05 bits per heavy atom. The predicted octanol–water partition coefficient (Wildman–Crippen LogP) is 1.43. The van der Waals surface area contributed by atoms with Gasteiger partial charge in [0.05, 0.1) is 0 Å². The molecule has 0 unspecified atom stereocenters. The van der Waals surface area contributed by atoms with Gasteiger partial charge in [0.2, 0.25) is 0 Å². The highest BCUT2D eigenvalue weighted by atomic mass is 35.5. The molecule has 20 heavy (non-hydrogen) atoms. The average molecular weight is 294 g/mol. The van der Waals surface area contributed by atoms with Crippen molar-refractivity contribution in [1.82, 2.24) is 20.5 Å². The van der Waals surface area contributed by atoms with Crippen LogP contribution in [0.15, 0.2) is 18.2 Å². The number of nitrogens with one attached hydrogen (secondary N) is 3. The lowest BCUT2D eigenvalue weighted by atomic mass is 10.1. The lowest BCUT2D eigenvalue weighted by Crippen LogP contribution is -2.25. The fourth-order valence-electron chi connectivity index (χ4n) is 2.20. The van der Waals surface area contributed by atoms with Crippen LogP contribution < -0.4 is 10.6 Å². The number of carbonyl (C=O) groups excluding carboxylic acids is 1. The summed E-state index contributed by atoms with van der Waals surface area (Å²) in [7, 11) is 0. The Labute approximate surface area is 122 Å². The first kappa shape index (κ1) is 14.5. The smallest absolute Gasteiger partial charge is 0.277 e. The van der Waals surface area contributed by atoms with Crippen molar-refractivity contribution in [3.05, 3.63) is 40.8 Å². The van der Waals surface area contributed by atoms with Crippen LogP contribution in [0.3, 0.4) is 0 Å². The van der Waals surface area contributed by atoms with E-state index < -0.39 is 0 Å². The monoisotopic (exact) mass is 293 g/mol. The second-order valence-electron chi connectivity index (χ2n) is 4.57. The van der Waals surface area contributed by atoms with Gasteiger partial charge in [-0.1, -0.05) is 6.07 Å². The second kappa shape index (κ2) is 6.02. The molecule has 106 valence electrons. The van der Waals surface area contributed by atoms with E-state index >= 15 is 0 Å². The molecule has 1 aliphatic rings. The normalized spacial score (nSPS) is 13.2. The minimum Gasteiger partial charge on any atom is -0.312 e. The molecule has 2 aromatic rings. The van der Waals surface area contributed by atoms with E-state index in [0.717, 1.165) is 29.9 Å². The quantitative estimate of drug-likeness (QED) is 0.782. The summed E-state index contributed by atoms with van der Waals surface area (Å²) in [6, 6.07) is 5.51. The number of pyridine rings is 1. The van der Waals surface area contributed by atoms with Gasteiger partial charge in [0.15, 0.2) is 5.69 Å². The average Bonchev–Trinajstić information content (AvgIpc) is 2.82. The van der Waals surface area contributed by atoms with E-state index in [1.54, 1.807) is 6.07 Å². The molecule has 2 aromatic heterocycles. The summed E-state index contributed by atoms with van der Waals surface area (Å²) in [5.74, 6) is 0.324. The third kappa shape index (κ3) is 2.81. The third-order valence-electron chi connectivity index (χ3n) is 3.15. The first-order chi connectivity index (χ1) is 9.24. The van der Waals surface area contributed by atoms with Gasteiger partial charge in [-0.2, -0.15) is 5.10 Å². The summed E-state index contributed by atoms with van der Waals surface area (Å²) in [5.41, 5.74) is 3.31. The van der Waals surface area contributed by atoms with Gasteiger partial charge in [-0.15, -0.1) is 12.4 Å². The number of aryl methyl sites for hydroxylation is 1. The first-order valence-electron chi connectivity index (χ1n) is 6.26. The van der Waals surface area contributed by atoms with E-state index in [-0.39, 0.29) is 18.3 Å². The number of amides is 1. The summed E-state index contributed by atoms with van der Waals surface area (Å²) in [5, 5.41) is 13.1. The maximum Gasteiger partial charge on any atom is 0.277 e. The van der Waals surface area contributed by atoms with Crippen LogP contribution in [0.5, 0.6) is 0 Å². The zero-order valence-electron chi connectivity index (χ0n) is 11.1. The molecule has 0 atom stereocenters. The van der Waals surface area contributed by atoms with Gasteiger partial charge < -0.3 is 10.6 Å². The zero-order chi connectivity index (χ0) is 13.2. The molecular weight excluding hydrogens is 278 g/mol. The Kier molecular flexibility index (Phi) is 4.36. The molecule has 7 heteroatoms. The Balaban J connectivity index is 0.00000147. The Hall–Kier alpha value is -1.92. The number of hydrogen-bond donors (Lipinski definition) is 3. The van der Waals surface area contributed by atoms with Crippen LogP contribution in [0.25, 0.3) is 0 Å². The number of halogens is 1. The Morgan fingerprint density at radius 2 is 2.25 bits per heavy atom. The number of aromatic amines is 1. The number of fused-ring (bicyclic) bond motifs is 1. The number of rotatable bonds is 2. The summed E-state index contributed by atoms with van der Waals surface area (Å²) in [4.78, 5) is 16.4. The minimum atomic E-state index is -0.223. The van der Waals surface area contributed by atoms with Gasteiger partial charge in [-0.25, -0.2) is 4.98 Å². The van der Waals surface area contributed by atoms with Gasteiger partial charge in [0.1, 0.15) is 5.82 Å². The van der Waals surface area contributed by atoms with Gasteiger partial charge in [-0.3, -0.25) is 9.89 Å². The molecule has 3 N–H and O–H groups in total. The van der Waals surface area contributed by atoms with Crippen LogP contribution in [0.1, 0.15) is 27.4 Å². The maximum atomic E-state index is 12.2. The van der Waals surface area contributed by atoms with Crippen molar-refractivity contribution < 1.29 is 4.79 Å². The SMILES string of the molecule is Cc1cccc(NC(=O)c2n[nH]c3c2CNCC3)n1.Cl. The van der Waals surface area contributed by atoms with Crippen LogP contribution in [0, 0.1) is 6.92 Å². The lowest BCUT2D eigenvalue weighted by Gasteiger charge is -2.12. The van der Waals surface area contributed by atoms with E-state index in [9.17, 15) is 4.79 Å². The molecule has 0 radical (unpaired) electrons. The lowest BCUT2D eigenvalue weighted by molar-refractivity contribution is 0.102. The van der Waals surface area contributed by atoms with Crippen molar-refractivity contribution in [2.75, 3.05) is 11.9 Å². The second-order valence-corrected chi connectivity index (χ2v) is 4.57. The molecule has 0 saturated carbocycles. The Morgan fingerprint density at radius 1 is 1.40 bits per heavy atom. The molecule has 0 aromatic carbocycles. The fraction of sp³-hybridized carbons (Fsp3) is 0.308.